The lowest BCUT2D eigenvalue weighted by Gasteiger charge is -2.17. The molecule has 0 aromatic rings. The molecule has 0 fully saturated rings. The van der Waals surface area contributed by atoms with E-state index in [2.05, 4.69) is 41.5 Å². The predicted octanol–water partition coefficient (Wildman–Crippen LogP) is 6.30. The van der Waals surface area contributed by atoms with Crippen LogP contribution in [0.3, 0.4) is 0 Å². The van der Waals surface area contributed by atoms with Crippen molar-refractivity contribution in [3.63, 3.8) is 0 Å². The zero-order chi connectivity index (χ0) is 13.3. The van der Waals surface area contributed by atoms with Crippen molar-refractivity contribution < 1.29 is 0 Å². The molecule has 0 spiro atoms. The van der Waals surface area contributed by atoms with E-state index in [9.17, 15) is 0 Å². The second kappa shape index (κ2) is 9.97. The highest BCUT2D eigenvalue weighted by Crippen LogP contribution is 2.22. The Labute approximate surface area is 111 Å². The van der Waals surface area contributed by atoms with Crippen LogP contribution in [0.15, 0.2) is 0 Å². The summed E-state index contributed by atoms with van der Waals surface area (Å²) >= 11 is 0. The molecule has 0 heterocycles. The molecule has 0 N–H and O–H groups in total. The summed E-state index contributed by atoms with van der Waals surface area (Å²) in [4.78, 5) is 0. The average molecular weight is 240 g/mol. The quantitative estimate of drug-likeness (QED) is 0.393. The lowest BCUT2D eigenvalue weighted by molar-refractivity contribution is 0.357. The van der Waals surface area contributed by atoms with Gasteiger partial charge in [-0.25, -0.2) is 0 Å². The molecule has 3 atom stereocenters. The molecule has 0 aliphatic rings. The summed E-state index contributed by atoms with van der Waals surface area (Å²) in [5.74, 6) is 3.66. The summed E-state index contributed by atoms with van der Waals surface area (Å²) in [5, 5.41) is 0. The summed E-state index contributed by atoms with van der Waals surface area (Å²) in [6.45, 7) is 14.2. The van der Waals surface area contributed by atoms with Gasteiger partial charge < -0.3 is 0 Å². The molecule has 0 saturated heterocycles. The van der Waals surface area contributed by atoms with Crippen LogP contribution in [0.2, 0.25) is 0 Å². The first-order valence-corrected chi connectivity index (χ1v) is 7.95. The van der Waals surface area contributed by atoms with Crippen LogP contribution in [-0.4, -0.2) is 0 Å². The lowest BCUT2D eigenvalue weighted by atomic mass is 9.89. The normalized spacial score (nSPS) is 17.1. The molecule has 0 bridgehead atoms. The Hall–Kier alpha value is 0. The van der Waals surface area contributed by atoms with Crippen LogP contribution in [0.5, 0.6) is 0 Å². The van der Waals surface area contributed by atoms with Crippen LogP contribution in [0, 0.1) is 23.7 Å². The molecule has 17 heavy (non-hydrogen) atoms. The maximum atomic E-state index is 2.43. The number of hydrogen-bond donors (Lipinski definition) is 0. The molecular weight excluding hydrogens is 204 g/mol. The highest BCUT2D eigenvalue weighted by atomic mass is 14.1. The molecule has 0 amide bonds. The van der Waals surface area contributed by atoms with Gasteiger partial charge in [0.05, 0.1) is 0 Å². The predicted molar refractivity (Wildman–Crippen MR) is 80.3 cm³/mol. The molecule has 0 aliphatic heterocycles. The Kier molecular flexibility index (Phi) is 9.97. The largest absolute Gasteiger partial charge is 0.0651 e. The van der Waals surface area contributed by atoms with Crippen molar-refractivity contribution in [1.82, 2.24) is 0 Å². The van der Waals surface area contributed by atoms with Crippen molar-refractivity contribution in [2.24, 2.45) is 23.7 Å². The van der Waals surface area contributed by atoms with Gasteiger partial charge in [-0.15, -0.1) is 0 Å². The van der Waals surface area contributed by atoms with Gasteiger partial charge in [-0.2, -0.15) is 0 Å². The zero-order valence-corrected chi connectivity index (χ0v) is 13.3. The van der Waals surface area contributed by atoms with E-state index in [1.807, 2.05) is 0 Å². The molecule has 0 nitrogen and oxygen atoms in total. The Morgan fingerprint density at radius 2 is 1.12 bits per heavy atom. The minimum absolute atomic E-state index is 0.870. The highest BCUT2D eigenvalue weighted by molar-refractivity contribution is 4.61. The Morgan fingerprint density at radius 1 is 0.647 bits per heavy atom. The smallest absolute Gasteiger partial charge is 0.0440 e. The third kappa shape index (κ3) is 10.9. The third-order valence-corrected chi connectivity index (χ3v) is 4.02. The highest BCUT2D eigenvalue weighted by Gasteiger charge is 2.08. The van der Waals surface area contributed by atoms with Crippen molar-refractivity contribution in [2.45, 2.75) is 86.5 Å². The fraction of sp³-hybridized carbons (Fsp3) is 1.00. The molecule has 0 aliphatic carbocycles. The Morgan fingerprint density at radius 3 is 1.53 bits per heavy atom. The zero-order valence-electron chi connectivity index (χ0n) is 13.3. The molecule has 0 heteroatoms. The van der Waals surface area contributed by atoms with Crippen molar-refractivity contribution in [1.29, 1.82) is 0 Å². The maximum Gasteiger partial charge on any atom is -0.0440 e. The van der Waals surface area contributed by atoms with Gasteiger partial charge in [-0.05, 0) is 36.5 Å². The summed E-state index contributed by atoms with van der Waals surface area (Å²) in [7, 11) is 0. The monoisotopic (exact) mass is 240 g/mol. The summed E-state index contributed by atoms with van der Waals surface area (Å²) < 4.78 is 0. The van der Waals surface area contributed by atoms with Crippen molar-refractivity contribution >= 4 is 0 Å². The summed E-state index contributed by atoms with van der Waals surface area (Å²) in [5.41, 5.74) is 0. The van der Waals surface area contributed by atoms with Gasteiger partial charge in [0.1, 0.15) is 0 Å². The Bertz CT molecular complexity index is 159. The minimum Gasteiger partial charge on any atom is -0.0651 e. The van der Waals surface area contributed by atoms with Crippen molar-refractivity contribution in [2.75, 3.05) is 0 Å². The average Bonchev–Trinajstić information content (AvgIpc) is 2.23. The fourth-order valence-corrected chi connectivity index (χ4v) is 2.88. The number of unbranched alkanes of at least 4 members (excludes halogenated alkanes) is 1. The van der Waals surface area contributed by atoms with Gasteiger partial charge in [-0.1, -0.05) is 73.6 Å². The first-order chi connectivity index (χ1) is 7.95. The van der Waals surface area contributed by atoms with Gasteiger partial charge in [-0.3, -0.25) is 0 Å². The van der Waals surface area contributed by atoms with Gasteiger partial charge in [0.25, 0.3) is 0 Å². The molecule has 0 aromatic heterocycles. The van der Waals surface area contributed by atoms with Crippen LogP contribution in [0.25, 0.3) is 0 Å². The maximum absolute atomic E-state index is 2.43. The molecule has 104 valence electrons. The molecule has 0 saturated carbocycles. The standard InChI is InChI=1S/C17H36/c1-7-15(4)13-17(6)11-9-8-10-16(5)12-14(2)3/h14-17H,7-13H2,1-6H3. The van der Waals surface area contributed by atoms with E-state index < -0.39 is 0 Å². The van der Waals surface area contributed by atoms with Crippen molar-refractivity contribution in [3.05, 3.63) is 0 Å². The van der Waals surface area contributed by atoms with Crippen LogP contribution >= 0.6 is 0 Å². The van der Waals surface area contributed by atoms with Crippen molar-refractivity contribution in [3.8, 4) is 0 Å². The lowest BCUT2D eigenvalue weighted by Crippen LogP contribution is -2.03. The second-order valence-corrected chi connectivity index (χ2v) is 6.87. The van der Waals surface area contributed by atoms with Gasteiger partial charge in [0.2, 0.25) is 0 Å². The van der Waals surface area contributed by atoms with E-state index in [4.69, 9.17) is 0 Å². The van der Waals surface area contributed by atoms with Gasteiger partial charge >= 0.3 is 0 Å². The van der Waals surface area contributed by atoms with Gasteiger partial charge in [0.15, 0.2) is 0 Å². The van der Waals surface area contributed by atoms with E-state index in [-0.39, 0.29) is 0 Å². The van der Waals surface area contributed by atoms with Crippen LogP contribution in [0.1, 0.15) is 86.5 Å². The minimum atomic E-state index is 0.870. The first-order valence-electron chi connectivity index (χ1n) is 7.95. The number of hydrogen-bond acceptors (Lipinski definition) is 0. The molecule has 0 aromatic carbocycles. The van der Waals surface area contributed by atoms with Crippen LogP contribution in [-0.2, 0) is 0 Å². The molecule has 3 unspecified atom stereocenters. The molecule has 0 rings (SSSR count). The van der Waals surface area contributed by atoms with E-state index in [1.165, 1.54) is 44.9 Å². The van der Waals surface area contributed by atoms with E-state index in [0.29, 0.717) is 0 Å². The Balaban J connectivity index is 3.44. The fourth-order valence-electron chi connectivity index (χ4n) is 2.88. The summed E-state index contributed by atoms with van der Waals surface area (Å²) in [6.07, 6.45) is 9.95. The molecule has 0 radical (unpaired) electrons. The van der Waals surface area contributed by atoms with Crippen LogP contribution < -0.4 is 0 Å². The van der Waals surface area contributed by atoms with Gasteiger partial charge in [0, 0.05) is 0 Å². The van der Waals surface area contributed by atoms with E-state index >= 15 is 0 Å². The third-order valence-electron chi connectivity index (χ3n) is 4.02. The topological polar surface area (TPSA) is 0 Å². The van der Waals surface area contributed by atoms with Crippen LogP contribution in [0.4, 0.5) is 0 Å². The summed E-state index contributed by atoms with van der Waals surface area (Å²) in [6, 6.07) is 0. The first kappa shape index (κ1) is 17.0. The molecular formula is C17H36. The second-order valence-electron chi connectivity index (χ2n) is 6.87. The van der Waals surface area contributed by atoms with E-state index in [0.717, 1.165) is 23.7 Å². The number of rotatable bonds is 10. The van der Waals surface area contributed by atoms with E-state index in [1.54, 1.807) is 0 Å². The SMILES string of the molecule is CCC(C)CC(C)CCCCC(C)CC(C)C.